The summed E-state index contributed by atoms with van der Waals surface area (Å²) in [5.74, 6) is -8.24. The van der Waals surface area contributed by atoms with Crippen molar-refractivity contribution in [1.29, 1.82) is 0 Å². The average Bonchev–Trinajstić information content (AvgIpc) is 3.20. The summed E-state index contributed by atoms with van der Waals surface area (Å²) >= 11 is 0. The third-order valence-corrected chi connectivity index (χ3v) is 13.7. The molecule has 5 rings (SSSR count). The maximum Gasteiger partial charge on any atom is 0.397 e. The van der Waals surface area contributed by atoms with E-state index in [2.05, 4.69) is 45.2 Å². The smallest absolute Gasteiger partial charge is 0.397 e. The first-order chi connectivity index (χ1) is 31.6. The van der Waals surface area contributed by atoms with Gasteiger partial charge in [-0.1, -0.05) is 0 Å². The molecule has 0 bridgehead atoms. The molecule has 4 aromatic carbocycles. The zero-order valence-corrected chi connectivity index (χ0v) is 38.0. The van der Waals surface area contributed by atoms with E-state index in [4.69, 9.17) is 4.55 Å². The number of carbonyl (C=O) groups is 1. The predicted octanol–water partition coefficient (Wildman–Crippen LogP) is 1.74. The third-order valence-electron chi connectivity index (χ3n) is 8.19. The van der Waals surface area contributed by atoms with Gasteiger partial charge in [0, 0.05) is 5.56 Å². The van der Waals surface area contributed by atoms with Crippen molar-refractivity contribution < 1.29 is 102 Å². The Balaban J connectivity index is 1.59. The lowest BCUT2D eigenvalue weighted by molar-refractivity contribution is 0.0697. The highest BCUT2D eigenvalue weighted by Crippen LogP contribution is 2.39. The Labute approximate surface area is 386 Å². The Bertz CT molecular complexity index is 3680. The van der Waals surface area contributed by atoms with Gasteiger partial charge >= 0.3 is 22.4 Å². The molecule has 1 heterocycles. The molecule has 0 amide bonds. The van der Waals surface area contributed by atoms with E-state index in [1.165, 1.54) is 0 Å². The van der Waals surface area contributed by atoms with E-state index in [-0.39, 0.29) is 11.6 Å². The molecule has 0 radical (unpaired) electrons. The van der Waals surface area contributed by atoms with Gasteiger partial charge in [-0.25, -0.2) is 17.4 Å². The van der Waals surface area contributed by atoms with Crippen molar-refractivity contribution in [3.8, 4) is 11.5 Å². The second-order valence-corrected chi connectivity index (χ2v) is 21.8. The number of azo groups is 1. The van der Waals surface area contributed by atoms with Crippen molar-refractivity contribution >= 4 is 107 Å². The number of nitrogens with one attached hydrogen (secondary N) is 3. The van der Waals surface area contributed by atoms with Crippen LogP contribution in [0.4, 0.5) is 39.0 Å². The van der Waals surface area contributed by atoms with Crippen LogP contribution >= 0.6 is 0 Å². The first-order valence-corrected chi connectivity index (χ1v) is 26.1. The molecule has 0 saturated heterocycles. The number of aromatic carboxylic acids is 1. The molecule has 1 aromatic heterocycles. The Hall–Kier alpha value is -6.98. The van der Waals surface area contributed by atoms with Gasteiger partial charge in [-0.15, -0.1) is 10.2 Å². The molecule has 0 atom stereocenters. The SMILES string of the molecule is O=C(O)c1ccc(S(=O)(=O)O)cc1N=NC(=NNc1cc(S(=O)(=O)O)cc(Nc2nc(F)nc(Nc3cc(S(=O)(=O)CCOS(=O)(=O)O)cc(S(=O)(=O)O)c3O)n2)c1O)c1ccc(S(=O)(=O)O)cc1. The zero-order valence-electron chi connectivity index (χ0n) is 33.1. The van der Waals surface area contributed by atoms with Gasteiger partial charge in [0.1, 0.15) is 16.3 Å². The van der Waals surface area contributed by atoms with Gasteiger partial charge in [-0.05, 0) is 66.7 Å². The van der Waals surface area contributed by atoms with E-state index in [0.29, 0.717) is 30.3 Å². The molecule has 31 nitrogen and oxygen atoms in total. The van der Waals surface area contributed by atoms with Crippen molar-refractivity contribution in [2.45, 2.75) is 24.5 Å². The lowest BCUT2D eigenvalue weighted by atomic mass is 10.2. The highest BCUT2D eigenvalue weighted by Gasteiger charge is 2.27. The number of halogens is 1. The second-order valence-electron chi connectivity index (χ2n) is 12.9. The number of hydrazone groups is 1. The topological polar surface area (TPSA) is 505 Å². The standard InChI is InChI=1S/C31H26FN9O22S6/c32-29-35-30(37-31(36-29)34-22-10-17(13-24(26(22)43)68(57,58)59)64(46,47)8-7-63-69(60,61)62)33-21-11-18(67(54,55)56)12-23(25(21)42)39-41-27(14-1-3-15(4-2-14)65(48,49)50)40-38-20-9-16(66(51,52)53)5-6-19(20)28(44)45/h1-6,9-13,39,42-43H,7-8H2,(H,44,45)(H,48,49,50)(H,51,52,53)(H,54,55,56)(H,57,58,59)(H,60,61,62)(H2,33,34,35,36,37). The molecule has 69 heavy (non-hydrogen) atoms. The molecule has 11 N–H and O–H groups in total. The molecule has 0 unspecified atom stereocenters. The number of sulfone groups is 1. The number of benzene rings is 4. The predicted molar refractivity (Wildman–Crippen MR) is 226 cm³/mol. The van der Waals surface area contributed by atoms with E-state index in [0.717, 1.165) is 30.3 Å². The van der Waals surface area contributed by atoms with Gasteiger partial charge < -0.3 is 26.0 Å². The molecule has 0 spiro atoms. The number of phenols is 2. The molecular weight excluding hydrogens is 1060 g/mol. The number of carboxylic acids is 1. The van der Waals surface area contributed by atoms with Gasteiger partial charge in [0.2, 0.25) is 17.7 Å². The first kappa shape index (κ1) is 53.0. The summed E-state index contributed by atoms with van der Waals surface area (Å²) < 4.78 is 209. The quantitative estimate of drug-likeness (QED) is 0.0149. The Morgan fingerprint density at radius 1 is 0.623 bits per heavy atom. The van der Waals surface area contributed by atoms with E-state index in [9.17, 15) is 93.2 Å². The summed E-state index contributed by atoms with van der Waals surface area (Å²) in [6.45, 7) is -1.22. The van der Waals surface area contributed by atoms with Crippen LogP contribution in [0.3, 0.4) is 0 Å². The molecule has 5 aromatic rings. The van der Waals surface area contributed by atoms with Crippen LogP contribution in [0.1, 0.15) is 15.9 Å². The number of phenolic OH excluding ortho intramolecular Hbond substituents is 2. The lowest BCUT2D eigenvalue weighted by Crippen LogP contribution is -2.16. The van der Waals surface area contributed by atoms with Crippen molar-refractivity contribution in [3.05, 3.63) is 83.9 Å². The molecule has 0 fully saturated rings. The van der Waals surface area contributed by atoms with Gasteiger partial charge in [0.25, 0.3) is 40.5 Å². The number of hydrogen-bond acceptors (Lipinski definition) is 24. The molecule has 0 aliphatic heterocycles. The number of amidine groups is 1. The van der Waals surface area contributed by atoms with E-state index in [1.54, 1.807) is 0 Å². The molecule has 0 aliphatic rings. The average molecular weight is 1090 g/mol. The largest absolute Gasteiger partial charge is 0.504 e. The third kappa shape index (κ3) is 13.8. The van der Waals surface area contributed by atoms with Gasteiger partial charge in [-0.2, -0.15) is 66.5 Å². The number of aromatic nitrogens is 3. The van der Waals surface area contributed by atoms with Gasteiger partial charge in [-0.3, -0.25) is 28.2 Å². The van der Waals surface area contributed by atoms with Gasteiger partial charge in [0.15, 0.2) is 21.3 Å². The van der Waals surface area contributed by atoms with Crippen LogP contribution in [-0.2, 0) is 64.9 Å². The number of anilines is 5. The monoisotopic (exact) mass is 1090 g/mol. The van der Waals surface area contributed by atoms with Gasteiger partial charge in [0.05, 0.1) is 48.9 Å². The summed E-state index contributed by atoms with van der Waals surface area (Å²) in [7, 11) is -30.5. The number of carboxylic acid groups (broad SMARTS) is 1. The minimum Gasteiger partial charge on any atom is -0.504 e. The summed E-state index contributed by atoms with van der Waals surface area (Å²) in [6.07, 6.45) is -1.74. The lowest BCUT2D eigenvalue weighted by Gasteiger charge is -2.15. The Morgan fingerprint density at radius 3 is 1.67 bits per heavy atom. The van der Waals surface area contributed by atoms with Crippen LogP contribution < -0.4 is 16.1 Å². The molecule has 38 heteroatoms. The van der Waals surface area contributed by atoms with Crippen LogP contribution in [0.15, 0.2) is 107 Å². The number of hydrogen-bond donors (Lipinski definition) is 11. The van der Waals surface area contributed by atoms with Crippen LogP contribution in [0.25, 0.3) is 0 Å². The van der Waals surface area contributed by atoms with Crippen LogP contribution in [0, 0.1) is 6.08 Å². The Morgan fingerprint density at radius 2 is 1.14 bits per heavy atom. The number of aromatic hydroxyl groups is 2. The Kier molecular flexibility index (Phi) is 15.0. The van der Waals surface area contributed by atoms with E-state index < -0.39 is 167 Å². The highest BCUT2D eigenvalue weighted by molar-refractivity contribution is 7.91. The number of nitrogens with zero attached hydrogens (tertiary/aromatic N) is 6. The van der Waals surface area contributed by atoms with Crippen LogP contribution in [0.2, 0.25) is 0 Å². The van der Waals surface area contributed by atoms with Crippen molar-refractivity contribution in [2.24, 2.45) is 15.3 Å². The summed E-state index contributed by atoms with van der Waals surface area (Å²) in [5, 5.41) is 46.9. The molecule has 370 valence electrons. The van der Waals surface area contributed by atoms with Crippen LogP contribution in [0.5, 0.6) is 11.5 Å². The fourth-order valence-electron chi connectivity index (χ4n) is 5.13. The first-order valence-electron chi connectivity index (χ1n) is 17.3. The summed E-state index contributed by atoms with van der Waals surface area (Å²) in [6, 6.07) is 7.26. The second kappa shape index (κ2) is 19.6. The van der Waals surface area contributed by atoms with E-state index in [1.807, 2.05) is 5.32 Å². The summed E-state index contributed by atoms with van der Waals surface area (Å²) in [5.41, 5.74) is -2.19. The molecule has 0 aliphatic carbocycles. The highest BCUT2D eigenvalue weighted by atomic mass is 32.3. The number of rotatable bonds is 18. The minimum absolute atomic E-state index is 0.228. The maximum atomic E-state index is 14.9. The summed E-state index contributed by atoms with van der Waals surface area (Å²) in [4.78, 5) is 16.9. The van der Waals surface area contributed by atoms with Crippen LogP contribution in [-0.4, -0.2) is 128 Å². The van der Waals surface area contributed by atoms with Crippen molar-refractivity contribution in [2.75, 3.05) is 28.4 Å². The minimum atomic E-state index is -5.48. The fourth-order valence-corrected chi connectivity index (χ4v) is 8.88. The zero-order chi connectivity index (χ0) is 51.7. The fraction of sp³-hybridized carbons (Fsp3) is 0.0645. The van der Waals surface area contributed by atoms with E-state index >= 15 is 0 Å². The molecular formula is C31H26FN9O22S6. The molecule has 0 saturated carbocycles. The maximum absolute atomic E-state index is 14.9. The normalized spacial score (nSPS) is 13.0. The van der Waals surface area contributed by atoms with Crippen molar-refractivity contribution in [3.63, 3.8) is 0 Å². The van der Waals surface area contributed by atoms with Crippen molar-refractivity contribution in [1.82, 2.24) is 15.0 Å².